The number of carbonyl (C=O) groups is 1. The van der Waals surface area contributed by atoms with Gasteiger partial charge in [-0.15, -0.1) is 0 Å². The van der Waals surface area contributed by atoms with Gasteiger partial charge >= 0.3 is 6.61 Å². The predicted molar refractivity (Wildman–Crippen MR) is 88.5 cm³/mol. The minimum Gasteiger partial charge on any atom is -0.434 e. The molecule has 2 heterocycles. The van der Waals surface area contributed by atoms with Gasteiger partial charge in [0.1, 0.15) is 5.75 Å². The van der Waals surface area contributed by atoms with Crippen molar-refractivity contribution in [1.82, 2.24) is 14.8 Å². The number of pyridine rings is 1. The fourth-order valence-electron chi connectivity index (χ4n) is 2.87. The second kappa shape index (κ2) is 8.02. The molecular formula is C18H19F2N3O2. The summed E-state index contributed by atoms with van der Waals surface area (Å²) in [5, 5.41) is 0. The Morgan fingerprint density at radius 2 is 1.76 bits per heavy atom. The van der Waals surface area contributed by atoms with Crippen LogP contribution in [0.15, 0.2) is 48.8 Å². The Kier molecular flexibility index (Phi) is 5.55. The van der Waals surface area contributed by atoms with Gasteiger partial charge in [0.25, 0.3) is 5.91 Å². The highest BCUT2D eigenvalue weighted by atomic mass is 19.3. The van der Waals surface area contributed by atoms with Gasteiger partial charge in [0.15, 0.2) is 0 Å². The van der Waals surface area contributed by atoms with E-state index in [0.29, 0.717) is 13.1 Å². The van der Waals surface area contributed by atoms with Crippen molar-refractivity contribution in [2.24, 2.45) is 0 Å². The molecule has 5 nitrogen and oxygen atoms in total. The molecule has 0 N–H and O–H groups in total. The summed E-state index contributed by atoms with van der Waals surface area (Å²) < 4.78 is 29.5. The minimum atomic E-state index is -2.95. The molecule has 132 valence electrons. The van der Waals surface area contributed by atoms with E-state index in [4.69, 9.17) is 0 Å². The Balaban J connectivity index is 1.60. The van der Waals surface area contributed by atoms with Gasteiger partial charge in [-0.2, -0.15) is 8.78 Å². The van der Waals surface area contributed by atoms with E-state index in [2.05, 4.69) is 14.6 Å². The van der Waals surface area contributed by atoms with Gasteiger partial charge in [0, 0.05) is 45.1 Å². The number of benzene rings is 1. The van der Waals surface area contributed by atoms with Gasteiger partial charge in [0.2, 0.25) is 0 Å². The van der Waals surface area contributed by atoms with Crippen LogP contribution in [-0.4, -0.2) is 53.5 Å². The highest BCUT2D eigenvalue weighted by molar-refractivity contribution is 5.97. The molecule has 1 aromatic carbocycles. The molecule has 1 amide bonds. The number of piperazine rings is 1. The van der Waals surface area contributed by atoms with Crippen LogP contribution >= 0.6 is 0 Å². The molecule has 1 aliphatic rings. The van der Waals surface area contributed by atoms with E-state index in [1.165, 1.54) is 17.7 Å². The lowest BCUT2D eigenvalue weighted by atomic mass is 10.1. The minimum absolute atomic E-state index is 0.0817. The van der Waals surface area contributed by atoms with Crippen LogP contribution in [0.3, 0.4) is 0 Å². The smallest absolute Gasteiger partial charge is 0.387 e. The van der Waals surface area contributed by atoms with Crippen molar-refractivity contribution in [3.05, 3.63) is 59.9 Å². The first-order valence-electron chi connectivity index (χ1n) is 8.08. The fourth-order valence-corrected chi connectivity index (χ4v) is 2.87. The van der Waals surface area contributed by atoms with Gasteiger partial charge < -0.3 is 9.64 Å². The maximum Gasteiger partial charge on any atom is 0.387 e. The lowest BCUT2D eigenvalue weighted by molar-refractivity contribution is -0.0503. The standard InChI is InChI=1S/C18H19F2N3O2/c19-18(20)25-16-4-2-1-3-15(16)17(24)23-11-9-22(10-12-23)13-14-5-7-21-8-6-14/h1-8,18H,9-13H2. The summed E-state index contributed by atoms with van der Waals surface area (Å²) in [6.07, 6.45) is 3.52. The van der Waals surface area contributed by atoms with Crippen LogP contribution in [0, 0.1) is 0 Å². The molecule has 0 saturated carbocycles. The van der Waals surface area contributed by atoms with Crippen molar-refractivity contribution in [2.45, 2.75) is 13.2 Å². The Labute approximate surface area is 144 Å². The summed E-state index contributed by atoms with van der Waals surface area (Å²) in [4.78, 5) is 20.6. The molecule has 0 bridgehead atoms. The predicted octanol–water partition coefficient (Wildman–Crippen LogP) is 2.64. The number of hydrogen-bond donors (Lipinski definition) is 0. The van der Waals surface area contributed by atoms with E-state index in [1.54, 1.807) is 29.4 Å². The molecule has 1 aliphatic heterocycles. The van der Waals surface area contributed by atoms with Crippen molar-refractivity contribution in [2.75, 3.05) is 26.2 Å². The Morgan fingerprint density at radius 1 is 1.08 bits per heavy atom. The molecule has 2 aromatic rings. The third kappa shape index (κ3) is 4.51. The van der Waals surface area contributed by atoms with E-state index < -0.39 is 6.61 Å². The molecule has 7 heteroatoms. The van der Waals surface area contributed by atoms with Crippen molar-refractivity contribution >= 4 is 5.91 Å². The number of rotatable bonds is 5. The molecule has 1 saturated heterocycles. The molecular weight excluding hydrogens is 328 g/mol. The second-order valence-electron chi connectivity index (χ2n) is 5.80. The third-order valence-corrected chi connectivity index (χ3v) is 4.15. The number of nitrogens with zero attached hydrogens (tertiary/aromatic N) is 3. The number of para-hydroxylation sites is 1. The van der Waals surface area contributed by atoms with Crippen LogP contribution in [0.2, 0.25) is 0 Å². The number of carbonyl (C=O) groups excluding carboxylic acids is 1. The van der Waals surface area contributed by atoms with E-state index in [9.17, 15) is 13.6 Å². The SMILES string of the molecule is O=C(c1ccccc1OC(F)F)N1CCN(Cc2ccncc2)CC1. The van der Waals surface area contributed by atoms with Crippen molar-refractivity contribution in [3.8, 4) is 5.75 Å². The van der Waals surface area contributed by atoms with E-state index in [1.807, 2.05) is 12.1 Å². The van der Waals surface area contributed by atoms with Gasteiger partial charge in [-0.1, -0.05) is 12.1 Å². The number of hydrogen-bond acceptors (Lipinski definition) is 4. The van der Waals surface area contributed by atoms with Gasteiger partial charge in [-0.3, -0.25) is 14.7 Å². The summed E-state index contributed by atoms with van der Waals surface area (Å²) in [5.74, 6) is -0.360. The van der Waals surface area contributed by atoms with Gasteiger partial charge in [0.05, 0.1) is 5.56 Å². The summed E-state index contributed by atoms with van der Waals surface area (Å²) in [6.45, 7) is 0.402. The third-order valence-electron chi connectivity index (χ3n) is 4.15. The summed E-state index contributed by atoms with van der Waals surface area (Å²) in [5.41, 5.74) is 1.34. The first-order chi connectivity index (χ1) is 12.1. The average molecular weight is 347 g/mol. The molecule has 1 aromatic heterocycles. The van der Waals surface area contributed by atoms with Crippen molar-refractivity contribution < 1.29 is 18.3 Å². The number of halogens is 2. The molecule has 1 fully saturated rings. The van der Waals surface area contributed by atoms with E-state index in [0.717, 1.165) is 19.6 Å². The first kappa shape index (κ1) is 17.3. The Bertz CT molecular complexity index is 704. The van der Waals surface area contributed by atoms with E-state index >= 15 is 0 Å². The molecule has 0 aliphatic carbocycles. The molecule has 0 spiro atoms. The maximum absolute atomic E-state index is 12.6. The molecule has 3 rings (SSSR count). The summed E-state index contributed by atoms with van der Waals surface area (Å²) in [6, 6.07) is 10.1. The maximum atomic E-state index is 12.6. The van der Waals surface area contributed by atoms with Crippen molar-refractivity contribution in [3.63, 3.8) is 0 Å². The quantitative estimate of drug-likeness (QED) is 0.834. The number of aromatic nitrogens is 1. The van der Waals surface area contributed by atoms with Crippen LogP contribution in [0.5, 0.6) is 5.75 Å². The fraction of sp³-hybridized carbons (Fsp3) is 0.333. The average Bonchev–Trinajstić information content (AvgIpc) is 2.63. The van der Waals surface area contributed by atoms with Crippen LogP contribution in [0.1, 0.15) is 15.9 Å². The van der Waals surface area contributed by atoms with E-state index in [-0.39, 0.29) is 17.2 Å². The van der Waals surface area contributed by atoms with Crippen LogP contribution in [0.25, 0.3) is 0 Å². The van der Waals surface area contributed by atoms with Crippen LogP contribution in [-0.2, 0) is 6.54 Å². The zero-order valence-corrected chi connectivity index (χ0v) is 13.6. The normalized spacial score (nSPS) is 15.4. The summed E-state index contributed by atoms with van der Waals surface area (Å²) >= 11 is 0. The highest BCUT2D eigenvalue weighted by Crippen LogP contribution is 2.22. The van der Waals surface area contributed by atoms with Crippen LogP contribution in [0.4, 0.5) is 8.78 Å². The largest absolute Gasteiger partial charge is 0.434 e. The lowest BCUT2D eigenvalue weighted by Crippen LogP contribution is -2.48. The number of ether oxygens (including phenoxy) is 1. The Hall–Kier alpha value is -2.54. The lowest BCUT2D eigenvalue weighted by Gasteiger charge is -2.35. The van der Waals surface area contributed by atoms with Crippen LogP contribution < -0.4 is 4.74 Å². The van der Waals surface area contributed by atoms with Gasteiger partial charge in [-0.25, -0.2) is 0 Å². The topological polar surface area (TPSA) is 45.7 Å². The number of alkyl halides is 2. The highest BCUT2D eigenvalue weighted by Gasteiger charge is 2.25. The molecule has 0 radical (unpaired) electrons. The molecule has 25 heavy (non-hydrogen) atoms. The molecule has 0 unspecified atom stereocenters. The van der Waals surface area contributed by atoms with Crippen molar-refractivity contribution in [1.29, 1.82) is 0 Å². The Morgan fingerprint density at radius 3 is 2.44 bits per heavy atom. The number of amides is 1. The monoisotopic (exact) mass is 347 g/mol. The van der Waals surface area contributed by atoms with Gasteiger partial charge in [-0.05, 0) is 29.8 Å². The summed E-state index contributed by atoms with van der Waals surface area (Å²) in [7, 11) is 0. The zero-order valence-electron chi connectivity index (χ0n) is 13.6. The second-order valence-corrected chi connectivity index (χ2v) is 5.80. The molecule has 0 atom stereocenters. The first-order valence-corrected chi connectivity index (χ1v) is 8.08. The zero-order chi connectivity index (χ0) is 17.6.